The van der Waals surface area contributed by atoms with Gasteiger partial charge in [-0.05, 0) is 18.9 Å². The molecule has 0 aliphatic carbocycles. The van der Waals surface area contributed by atoms with E-state index >= 15 is 0 Å². The monoisotopic (exact) mass is 355 g/mol. The lowest BCUT2D eigenvalue weighted by molar-refractivity contribution is 0.126. The average molecular weight is 355 g/mol. The van der Waals surface area contributed by atoms with Gasteiger partial charge >= 0.3 is 6.01 Å². The smallest absolute Gasteiger partial charge is 0.320 e. The Morgan fingerprint density at radius 2 is 1.88 bits per heavy atom. The molecule has 1 aromatic carbocycles. The molecule has 0 aliphatic rings. The fourth-order valence-electron chi connectivity index (χ4n) is 2.65. The molecule has 26 heavy (non-hydrogen) atoms. The van der Waals surface area contributed by atoms with Crippen LogP contribution in [-0.2, 0) is 17.9 Å². The number of hydrogen-bond acceptors (Lipinski definition) is 6. The first-order valence-corrected chi connectivity index (χ1v) is 9.00. The van der Waals surface area contributed by atoms with Crippen LogP contribution in [0.25, 0.3) is 11.2 Å². The van der Waals surface area contributed by atoms with Gasteiger partial charge in [-0.1, -0.05) is 43.7 Å². The summed E-state index contributed by atoms with van der Waals surface area (Å²) in [4.78, 5) is 13.4. The van der Waals surface area contributed by atoms with Crippen molar-refractivity contribution < 1.29 is 9.47 Å². The van der Waals surface area contributed by atoms with Crippen molar-refractivity contribution in [1.82, 2.24) is 19.5 Å². The van der Waals surface area contributed by atoms with Gasteiger partial charge in [0.05, 0.1) is 13.2 Å². The Balaban J connectivity index is 2.01. The van der Waals surface area contributed by atoms with Crippen molar-refractivity contribution in [3.63, 3.8) is 0 Å². The van der Waals surface area contributed by atoms with Crippen molar-refractivity contribution >= 4 is 17.0 Å². The minimum absolute atomic E-state index is 0.292. The molecule has 7 heteroatoms. The lowest BCUT2D eigenvalue weighted by Gasteiger charge is -2.10. The molecule has 0 unspecified atom stereocenters. The van der Waals surface area contributed by atoms with E-state index < -0.39 is 0 Å². The molecule has 0 atom stereocenters. The molecule has 2 N–H and O–H groups in total. The second-order valence-electron chi connectivity index (χ2n) is 6.00. The fraction of sp³-hybridized carbons (Fsp3) is 0.421. The lowest BCUT2D eigenvalue weighted by Crippen LogP contribution is -2.09. The number of benzene rings is 1. The molecule has 3 aromatic rings. The molecule has 0 radical (unpaired) electrons. The Hall–Kier alpha value is -2.67. The van der Waals surface area contributed by atoms with E-state index in [2.05, 4.69) is 34.0 Å². The van der Waals surface area contributed by atoms with Gasteiger partial charge in [-0.25, -0.2) is 4.98 Å². The highest BCUT2D eigenvalue weighted by molar-refractivity contribution is 5.82. The predicted octanol–water partition coefficient (Wildman–Crippen LogP) is 3.17. The van der Waals surface area contributed by atoms with E-state index in [0.717, 1.165) is 24.2 Å². The van der Waals surface area contributed by atoms with Crippen LogP contribution in [0.15, 0.2) is 30.3 Å². The minimum Gasteiger partial charge on any atom is -0.463 e. The largest absolute Gasteiger partial charge is 0.463 e. The van der Waals surface area contributed by atoms with Gasteiger partial charge in [-0.2, -0.15) is 9.97 Å². The van der Waals surface area contributed by atoms with Crippen molar-refractivity contribution in [1.29, 1.82) is 0 Å². The molecule has 3 rings (SSSR count). The number of hydrogen-bond donors (Lipinski definition) is 1. The summed E-state index contributed by atoms with van der Waals surface area (Å²) in [5.41, 5.74) is 8.52. The highest BCUT2D eigenvalue weighted by Gasteiger charge is 2.17. The third-order valence-electron chi connectivity index (χ3n) is 4.03. The second kappa shape index (κ2) is 8.62. The number of aromatic nitrogens is 4. The van der Waals surface area contributed by atoms with E-state index in [1.54, 1.807) is 0 Å². The summed E-state index contributed by atoms with van der Waals surface area (Å²) in [7, 11) is 0. The maximum Gasteiger partial charge on any atom is 0.320 e. The summed E-state index contributed by atoms with van der Waals surface area (Å²) >= 11 is 0. The number of nitrogens with two attached hydrogens (primary N) is 1. The Kier molecular flexibility index (Phi) is 6.01. The minimum atomic E-state index is 0.292. The summed E-state index contributed by atoms with van der Waals surface area (Å²) in [6.07, 6.45) is 1.99. The topological polar surface area (TPSA) is 88.1 Å². The molecule has 0 aliphatic heterocycles. The van der Waals surface area contributed by atoms with E-state index in [9.17, 15) is 0 Å². The molecular weight excluding hydrogens is 330 g/mol. The summed E-state index contributed by atoms with van der Waals surface area (Å²) in [6, 6.07) is 10.5. The third kappa shape index (κ3) is 4.11. The van der Waals surface area contributed by atoms with Crippen molar-refractivity contribution in [2.24, 2.45) is 0 Å². The summed E-state index contributed by atoms with van der Waals surface area (Å²) < 4.78 is 13.2. The first kappa shape index (κ1) is 18.1. The fourth-order valence-corrected chi connectivity index (χ4v) is 2.65. The maximum absolute atomic E-state index is 6.12. The van der Waals surface area contributed by atoms with Crippen LogP contribution in [0.4, 0.5) is 5.82 Å². The van der Waals surface area contributed by atoms with Crippen LogP contribution in [0.2, 0.25) is 0 Å². The Labute approximate surface area is 153 Å². The van der Waals surface area contributed by atoms with Gasteiger partial charge < -0.3 is 19.8 Å². The predicted molar refractivity (Wildman–Crippen MR) is 101 cm³/mol. The Bertz CT molecular complexity index is 848. The van der Waals surface area contributed by atoms with Crippen LogP contribution < -0.4 is 10.5 Å². The molecule has 0 bridgehead atoms. The number of unbranched alkanes of at least 4 members (excludes halogenated alkanes) is 1. The van der Waals surface area contributed by atoms with E-state index in [1.807, 2.05) is 29.7 Å². The van der Waals surface area contributed by atoms with Crippen molar-refractivity contribution in [2.45, 2.75) is 39.8 Å². The number of nitrogens with zero attached hydrogens (tertiary/aromatic N) is 4. The molecule has 0 fully saturated rings. The quantitative estimate of drug-likeness (QED) is 0.593. The summed E-state index contributed by atoms with van der Waals surface area (Å²) in [5, 5.41) is 0. The third-order valence-corrected chi connectivity index (χ3v) is 4.03. The van der Waals surface area contributed by atoms with Gasteiger partial charge in [0, 0.05) is 6.61 Å². The molecule has 0 amide bonds. The van der Waals surface area contributed by atoms with E-state index in [1.165, 1.54) is 0 Å². The Morgan fingerprint density at radius 3 is 2.62 bits per heavy atom. The molecule has 7 nitrogen and oxygen atoms in total. The van der Waals surface area contributed by atoms with Crippen molar-refractivity contribution in [3.8, 4) is 6.01 Å². The number of rotatable bonds is 9. The molecule has 0 saturated heterocycles. The van der Waals surface area contributed by atoms with Crippen LogP contribution in [0.3, 0.4) is 0 Å². The zero-order valence-electron chi connectivity index (χ0n) is 15.3. The Morgan fingerprint density at radius 1 is 1.08 bits per heavy atom. The first-order chi connectivity index (χ1) is 12.7. The molecule has 2 heterocycles. The number of imidazole rings is 1. The van der Waals surface area contributed by atoms with Crippen LogP contribution in [0.1, 0.15) is 38.1 Å². The van der Waals surface area contributed by atoms with Gasteiger partial charge in [0.25, 0.3) is 0 Å². The van der Waals surface area contributed by atoms with Crippen molar-refractivity contribution in [2.75, 3.05) is 18.9 Å². The zero-order chi connectivity index (χ0) is 18.4. The van der Waals surface area contributed by atoms with Crippen LogP contribution in [0.5, 0.6) is 6.01 Å². The molecule has 0 saturated carbocycles. The molecule has 0 spiro atoms. The highest BCUT2D eigenvalue weighted by atomic mass is 16.5. The van der Waals surface area contributed by atoms with Gasteiger partial charge in [-0.15, -0.1) is 0 Å². The number of anilines is 1. The van der Waals surface area contributed by atoms with Gasteiger partial charge in [0.1, 0.15) is 12.4 Å². The number of nitrogen functional groups attached to an aromatic ring is 1. The van der Waals surface area contributed by atoms with Crippen LogP contribution >= 0.6 is 0 Å². The van der Waals surface area contributed by atoms with Gasteiger partial charge in [0.2, 0.25) is 0 Å². The van der Waals surface area contributed by atoms with Crippen LogP contribution in [-0.4, -0.2) is 32.7 Å². The average Bonchev–Trinajstić information content (AvgIpc) is 2.99. The van der Waals surface area contributed by atoms with Gasteiger partial charge in [-0.3, -0.25) is 0 Å². The van der Waals surface area contributed by atoms with E-state index in [4.69, 9.17) is 15.2 Å². The lowest BCUT2D eigenvalue weighted by atomic mass is 10.2. The molecule has 138 valence electrons. The maximum atomic E-state index is 6.12. The zero-order valence-corrected chi connectivity index (χ0v) is 15.3. The van der Waals surface area contributed by atoms with Crippen LogP contribution in [0, 0.1) is 0 Å². The van der Waals surface area contributed by atoms with E-state index in [0.29, 0.717) is 49.4 Å². The second-order valence-corrected chi connectivity index (χ2v) is 6.00. The van der Waals surface area contributed by atoms with Gasteiger partial charge in [0.15, 0.2) is 17.0 Å². The first-order valence-electron chi connectivity index (χ1n) is 9.00. The summed E-state index contributed by atoms with van der Waals surface area (Å²) in [5.74, 6) is 1.10. The molecular formula is C19H25N5O2. The van der Waals surface area contributed by atoms with E-state index in [-0.39, 0.29) is 0 Å². The highest BCUT2D eigenvalue weighted by Crippen LogP contribution is 2.23. The number of ether oxygens (including phenoxy) is 2. The number of fused-ring (bicyclic) bond motifs is 1. The molecule has 2 aromatic heterocycles. The normalized spacial score (nSPS) is 11.2. The SMILES string of the molecule is CCCCOc1nc(N)c2nc(COCC)n(Cc3ccccc3)c2n1. The van der Waals surface area contributed by atoms with Crippen molar-refractivity contribution in [3.05, 3.63) is 41.7 Å². The summed E-state index contributed by atoms with van der Waals surface area (Å²) in [6.45, 7) is 6.27. The standard InChI is InChI=1S/C19H25N5O2/c1-3-5-11-26-19-22-17(20)16-18(23-19)24(15(21-16)13-25-4-2)12-14-9-7-6-8-10-14/h6-10H,3-5,11-13H2,1-2H3,(H2,20,22,23).